The lowest BCUT2D eigenvalue weighted by Crippen LogP contribution is -2.41. The average molecular weight is 407 g/mol. The summed E-state index contributed by atoms with van der Waals surface area (Å²) in [4.78, 5) is 4.40. The first-order chi connectivity index (χ1) is 9.79. The number of hydrogen-bond acceptors (Lipinski definition) is 2. The Labute approximate surface area is 142 Å². The van der Waals surface area contributed by atoms with Gasteiger partial charge in [-0.2, -0.15) is 0 Å². The van der Waals surface area contributed by atoms with Crippen LogP contribution in [0.3, 0.4) is 0 Å². The molecule has 0 aromatic heterocycles. The van der Waals surface area contributed by atoms with Crippen molar-refractivity contribution in [1.29, 1.82) is 0 Å². The van der Waals surface area contributed by atoms with Gasteiger partial charge in [0.05, 0.1) is 12.6 Å². The Hall–Kier alpha value is -0.890. The molecule has 0 spiro atoms. The summed E-state index contributed by atoms with van der Waals surface area (Å²) in [5.74, 6) is 0.484. The highest BCUT2D eigenvalue weighted by Gasteiger charge is 2.15. The molecule has 0 bridgehead atoms. The van der Waals surface area contributed by atoms with Crippen molar-refractivity contribution in [2.45, 2.75) is 32.4 Å². The van der Waals surface area contributed by atoms with E-state index in [-0.39, 0.29) is 35.9 Å². The SMILES string of the molecule is CCNC(=NCc1ccccc1F)NCC1CCCO1.I. The molecular formula is C15H23FIN3O. The molecule has 2 N–H and O–H groups in total. The van der Waals surface area contributed by atoms with Gasteiger partial charge in [0.2, 0.25) is 0 Å². The molecule has 1 fully saturated rings. The Balaban J connectivity index is 0.00000220. The minimum absolute atomic E-state index is 0. The van der Waals surface area contributed by atoms with Crippen LogP contribution in [0.2, 0.25) is 0 Å². The van der Waals surface area contributed by atoms with E-state index in [0.29, 0.717) is 18.1 Å². The van der Waals surface area contributed by atoms with E-state index in [2.05, 4.69) is 15.6 Å². The lowest BCUT2D eigenvalue weighted by molar-refractivity contribution is 0.114. The maximum Gasteiger partial charge on any atom is 0.191 e. The molecule has 0 radical (unpaired) electrons. The van der Waals surface area contributed by atoms with Crippen molar-refractivity contribution in [3.05, 3.63) is 35.6 Å². The van der Waals surface area contributed by atoms with Gasteiger partial charge in [0.25, 0.3) is 0 Å². The van der Waals surface area contributed by atoms with Crippen LogP contribution in [-0.2, 0) is 11.3 Å². The van der Waals surface area contributed by atoms with E-state index in [4.69, 9.17) is 4.74 Å². The minimum atomic E-state index is -0.216. The van der Waals surface area contributed by atoms with Crippen molar-refractivity contribution in [2.24, 2.45) is 4.99 Å². The molecule has 0 saturated carbocycles. The second-order valence-corrected chi connectivity index (χ2v) is 4.80. The third-order valence-electron chi connectivity index (χ3n) is 3.23. The molecule has 0 aliphatic carbocycles. The normalized spacial score (nSPS) is 18.2. The molecule has 4 nitrogen and oxygen atoms in total. The summed E-state index contributed by atoms with van der Waals surface area (Å²) >= 11 is 0. The van der Waals surface area contributed by atoms with Gasteiger partial charge in [-0.15, -0.1) is 24.0 Å². The van der Waals surface area contributed by atoms with Crippen LogP contribution in [0.1, 0.15) is 25.3 Å². The zero-order valence-electron chi connectivity index (χ0n) is 12.3. The average Bonchev–Trinajstić information content (AvgIpc) is 2.97. The molecule has 0 amide bonds. The molecule has 1 unspecified atom stereocenters. The van der Waals surface area contributed by atoms with E-state index in [0.717, 1.165) is 32.5 Å². The molecule has 1 aromatic rings. The second-order valence-electron chi connectivity index (χ2n) is 4.80. The number of rotatable bonds is 5. The Morgan fingerprint density at radius 2 is 2.19 bits per heavy atom. The third-order valence-corrected chi connectivity index (χ3v) is 3.23. The fourth-order valence-electron chi connectivity index (χ4n) is 2.15. The monoisotopic (exact) mass is 407 g/mol. The topological polar surface area (TPSA) is 45.7 Å². The highest BCUT2D eigenvalue weighted by atomic mass is 127. The zero-order chi connectivity index (χ0) is 14.2. The summed E-state index contributed by atoms with van der Waals surface area (Å²) in [5.41, 5.74) is 0.599. The Morgan fingerprint density at radius 1 is 1.38 bits per heavy atom. The summed E-state index contributed by atoms with van der Waals surface area (Å²) in [6.45, 7) is 4.69. The van der Waals surface area contributed by atoms with Crippen LogP contribution >= 0.6 is 24.0 Å². The predicted octanol–water partition coefficient (Wildman–Crippen LogP) is 2.68. The quantitative estimate of drug-likeness (QED) is 0.448. The maximum absolute atomic E-state index is 13.5. The number of ether oxygens (including phenoxy) is 1. The van der Waals surface area contributed by atoms with Crippen molar-refractivity contribution in [3.63, 3.8) is 0 Å². The van der Waals surface area contributed by atoms with Crippen molar-refractivity contribution in [1.82, 2.24) is 10.6 Å². The minimum Gasteiger partial charge on any atom is -0.376 e. The molecule has 1 saturated heterocycles. The molecule has 6 heteroatoms. The van der Waals surface area contributed by atoms with E-state index in [1.165, 1.54) is 6.07 Å². The smallest absolute Gasteiger partial charge is 0.191 e. The fourth-order valence-corrected chi connectivity index (χ4v) is 2.15. The first-order valence-electron chi connectivity index (χ1n) is 7.16. The van der Waals surface area contributed by atoms with E-state index in [1.807, 2.05) is 13.0 Å². The summed E-state index contributed by atoms with van der Waals surface area (Å²) in [5, 5.41) is 6.40. The lowest BCUT2D eigenvalue weighted by atomic mass is 10.2. The molecule has 1 heterocycles. The first-order valence-corrected chi connectivity index (χ1v) is 7.16. The number of nitrogens with zero attached hydrogens (tertiary/aromatic N) is 1. The van der Waals surface area contributed by atoms with Crippen molar-refractivity contribution in [3.8, 4) is 0 Å². The Morgan fingerprint density at radius 3 is 2.86 bits per heavy atom. The highest BCUT2D eigenvalue weighted by molar-refractivity contribution is 14.0. The van der Waals surface area contributed by atoms with Crippen LogP contribution in [0.4, 0.5) is 4.39 Å². The zero-order valence-corrected chi connectivity index (χ0v) is 14.6. The first kappa shape index (κ1) is 18.2. The van der Waals surface area contributed by atoms with Gasteiger partial charge in [0.15, 0.2) is 5.96 Å². The van der Waals surface area contributed by atoms with E-state index >= 15 is 0 Å². The number of guanidine groups is 1. The number of nitrogens with one attached hydrogen (secondary N) is 2. The van der Waals surface area contributed by atoms with E-state index in [1.54, 1.807) is 12.1 Å². The van der Waals surface area contributed by atoms with E-state index in [9.17, 15) is 4.39 Å². The predicted molar refractivity (Wildman–Crippen MR) is 93.6 cm³/mol. The van der Waals surface area contributed by atoms with Crippen LogP contribution < -0.4 is 10.6 Å². The number of hydrogen-bond donors (Lipinski definition) is 2. The van der Waals surface area contributed by atoms with Crippen molar-refractivity contribution < 1.29 is 9.13 Å². The van der Waals surface area contributed by atoms with Gasteiger partial charge < -0.3 is 15.4 Å². The standard InChI is InChI=1S/C15H22FN3O.HI/c1-2-17-15(19-11-13-7-5-9-20-13)18-10-12-6-3-4-8-14(12)16;/h3-4,6,8,13H,2,5,7,9-11H2,1H3,(H2,17,18,19);1H. The van der Waals surface area contributed by atoms with Gasteiger partial charge >= 0.3 is 0 Å². The molecule has 2 rings (SSSR count). The van der Waals surface area contributed by atoms with Gasteiger partial charge in [-0.05, 0) is 25.8 Å². The molecule has 118 valence electrons. The van der Waals surface area contributed by atoms with Gasteiger partial charge in [0, 0.05) is 25.3 Å². The summed E-state index contributed by atoms with van der Waals surface area (Å²) < 4.78 is 19.1. The van der Waals surface area contributed by atoms with Crippen molar-refractivity contribution >= 4 is 29.9 Å². The van der Waals surface area contributed by atoms with Crippen LogP contribution in [0.25, 0.3) is 0 Å². The molecule has 1 aliphatic heterocycles. The van der Waals surface area contributed by atoms with E-state index < -0.39 is 0 Å². The Kier molecular flexibility index (Phi) is 8.60. The van der Waals surface area contributed by atoms with Gasteiger partial charge in [-0.1, -0.05) is 18.2 Å². The van der Waals surface area contributed by atoms with Crippen LogP contribution in [-0.4, -0.2) is 31.8 Å². The number of aliphatic imine (C=N–C) groups is 1. The van der Waals surface area contributed by atoms with Gasteiger partial charge in [0.1, 0.15) is 5.82 Å². The summed E-state index contributed by atoms with van der Waals surface area (Å²) in [6.07, 6.45) is 2.46. The maximum atomic E-state index is 13.5. The summed E-state index contributed by atoms with van der Waals surface area (Å²) in [6, 6.07) is 6.71. The Bertz CT molecular complexity index is 450. The highest BCUT2D eigenvalue weighted by Crippen LogP contribution is 2.10. The fraction of sp³-hybridized carbons (Fsp3) is 0.533. The van der Waals surface area contributed by atoms with Crippen molar-refractivity contribution in [2.75, 3.05) is 19.7 Å². The van der Waals surface area contributed by atoms with Crippen LogP contribution in [0.15, 0.2) is 29.3 Å². The van der Waals surface area contributed by atoms with Gasteiger partial charge in [-0.3, -0.25) is 0 Å². The molecule has 1 atom stereocenters. The lowest BCUT2D eigenvalue weighted by Gasteiger charge is -2.14. The number of benzene rings is 1. The molecule has 1 aliphatic rings. The van der Waals surface area contributed by atoms with Gasteiger partial charge in [-0.25, -0.2) is 9.38 Å². The summed E-state index contributed by atoms with van der Waals surface area (Å²) in [7, 11) is 0. The molecular weight excluding hydrogens is 384 g/mol. The second kappa shape index (κ2) is 9.94. The van der Waals surface area contributed by atoms with Crippen LogP contribution in [0, 0.1) is 5.82 Å². The number of halogens is 2. The molecule has 1 aromatic carbocycles. The van der Waals surface area contributed by atoms with Crippen LogP contribution in [0.5, 0.6) is 0 Å². The molecule has 21 heavy (non-hydrogen) atoms. The third kappa shape index (κ3) is 6.17. The largest absolute Gasteiger partial charge is 0.376 e.